The monoisotopic (exact) mass is 347 g/mol. The molecule has 0 aromatic heterocycles. The zero-order valence-corrected chi connectivity index (χ0v) is 13.5. The Bertz CT molecular complexity index is 610. The summed E-state index contributed by atoms with van der Waals surface area (Å²) in [4.78, 5) is 13.1. The van der Waals surface area contributed by atoms with Gasteiger partial charge in [-0.2, -0.15) is 0 Å². The van der Waals surface area contributed by atoms with Crippen LogP contribution in [0.1, 0.15) is 16.7 Å². The zero-order valence-electron chi connectivity index (χ0n) is 11.9. The van der Waals surface area contributed by atoms with E-state index in [1.807, 2.05) is 43.4 Å². The lowest BCUT2D eigenvalue weighted by Gasteiger charge is -2.18. The lowest BCUT2D eigenvalue weighted by molar-refractivity contribution is -0.136. The van der Waals surface area contributed by atoms with Gasteiger partial charge in [-0.05, 0) is 35.9 Å². The van der Waals surface area contributed by atoms with E-state index in [2.05, 4.69) is 33.0 Å². The van der Waals surface area contributed by atoms with Crippen LogP contribution in [0, 0.1) is 0 Å². The van der Waals surface area contributed by atoms with Gasteiger partial charge in [0.05, 0.1) is 6.42 Å². The SMILES string of the molecule is CN(Cc1ccc(Br)cc1)Cc1ccccc1CC(=O)O. The second-order valence-electron chi connectivity index (χ2n) is 5.14. The van der Waals surface area contributed by atoms with Crippen LogP contribution in [-0.4, -0.2) is 23.0 Å². The van der Waals surface area contributed by atoms with E-state index >= 15 is 0 Å². The van der Waals surface area contributed by atoms with Gasteiger partial charge in [-0.3, -0.25) is 9.69 Å². The maximum atomic E-state index is 10.9. The molecule has 1 N–H and O–H groups in total. The molecule has 3 nitrogen and oxygen atoms in total. The standard InChI is InChI=1S/C17H18BrNO2/c1-19(11-13-6-8-16(18)9-7-13)12-15-5-3-2-4-14(15)10-17(20)21/h2-9H,10-12H2,1H3,(H,20,21). The van der Waals surface area contributed by atoms with Gasteiger partial charge in [0, 0.05) is 17.6 Å². The third-order valence-electron chi connectivity index (χ3n) is 3.27. The van der Waals surface area contributed by atoms with Crippen LogP contribution in [0.2, 0.25) is 0 Å². The highest BCUT2D eigenvalue weighted by molar-refractivity contribution is 9.10. The molecule has 2 rings (SSSR count). The molecule has 0 saturated heterocycles. The van der Waals surface area contributed by atoms with Crippen molar-refractivity contribution in [2.75, 3.05) is 7.05 Å². The minimum absolute atomic E-state index is 0.0717. The van der Waals surface area contributed by atoms with Crippen molar-refractivity contribution in [3.63, 3.8) is 0 Å². The molecule has 0 amide bonds. The highest BCUT2D eigenvalue weighted by Gasteiger charge is 2.08. The Balaban J connectivity index is 2.03. The topological polar surface area (TPSA) is 40.5 Å². The predicted octanol–water partition coefficient (Wildman–Crippen LogP) is 3.71. The van der Waals surface area contributed by atoms with Crippen molar-refractivity contribution in [1.82, 2.24) is 4.90 Å². The first-order valence-corrected chi connectivity index (χ1v) is 7.55. The van der Waals surface area contributed by atoms with E-state index in [0.717, 1.165) is 28.7 Å². The summed E-state index contributed by atoms with van der Waals surface area (Å²) in [5, 5.41) is 8.97. The molecule has 0 unspecified atom stereocenters. The van der Waals surface area contributed by atoms with Crippen molar-refractivity contribution in [2.45, 2.75) is 19.5 Å². The number of rotatable bonds is 6. The fourth-order valence-electron chi connectivity index (χ4n) is 2.30. The number of carboxylic acid groups (broad SMARTS) is 1. The molecule has 0 aliphatic rings. The van der Waals surface area contributed by atoms with Gasteiger partial charge in [0.2, 0.25) is 0 Å². The molecule has 0 radical (unpaired) electrons. The van der Waals surface area contributed by atoms with Crippen LogP contribution in [0.5, 0.6) is 0 Å². The van der Waals surface area contributed by atoms with Crippen LogP contribution < -0.4 is 0 Å². The Morgan fingerprint density at radius 3 is 2.29 bits per heavy atom. The van der Waals surface area contributed by atoms with Gasteiger partial charge in [-0.15, -0.1) is 0 Å². The summed E-state index contributed by atoms with van der Waals surface area (Å²) in [7, 11) is 2.04. The van der Waals surface area contributed by atoms with E-state index in [1.165, 1.54) is 5.56 Å². The van der Waals surface area contributed by atoms with Crippen molar-refractivity contribution in [1.29, 1.82) is 0 Å². The van der Waals surface area contributed by atoms with Crippen LogP contribution in [0.25, 0.3) is 0 Å². The molecule has 110 valence electrons. The highest BCUT2D eigenvalue weighted by atomic mass is 79.9. The zero-order chi connectivity index (χ0) is 15.2. The van der Waals surface area contributed by atoms with Gasteiger partial charge in [0.25, 0.3) is 0 Å². The fourth-order valence-corrected chi connectivity index (χ4v) is 2.56. The summed E-state index contributed by atoms with van der Waals surface area (Å²) >= 11 is 3.43. The first-order valence-electron chi connectivity index (χ1n) is 6.76. The minimum Gasteiger partial charge on any atom is -0.481 e. The van der Waals surface area contributed by atoms with E-state index in [9.17, 15) is 4.79 Å². The maximum Gasteiger partial charge on any atom is 0.307 e. The number of aliphatic carboxylic acids is 1. The number of hydrogen-bond donors (Lipinski definition) is 1. The Morgan fingerprint density at radius 1 is 1.05 bits per heavy atom. The Labute approximate surface area is 133 Å². The highest BCUT2D eigenvalue weighted by Crippen LogP contribution is 2.15. The molecule has 4 heteroatoms. The Morgan fingerprint density at radius 2 is 1.67 bits per heavy atom. The Hall–Kier alpha value is -1.65. The number of hydrogen-bond acceptors (Lipinski definition) is 2. The summed E-state index contributed by atoms with van der Waals surface area (Å²) in [5.74, 6) is -0.794. The first-order chi connectivity index (χ1) is 10.0. The molecule has 0 heterocycles. The molecule has 2 aromatic carbocycles. The molecule has 21 heavy (non-hydrogen) atoms. The molecular formula is C17H18BrNO2. The summed E-state index contributed by atoms with van der Waals surface area (Å²) < 4.78 is 1.07. The van der Waals surface area contributed by atoms with Crippen molar-refractivity contribution in [2.24, 2.45) is 0 Å². The smallest absolute Gasteiger partial charge is 0.307 e. The van der Waals surface area contributed by atoms with Crippen molar-refractivity contribution >= 4 is 21.9 Å². The molecular weight excluding hydrogens is 330 g/mol. The van der Waals surface area contributed by atoms with Gasteiger partial charge < -0.3 is 5.11 Å². The van der Waals surface area contributed by atoms with Crippen molar-refractivity contribution < 1.29 is 9.90 Å². The second-order valence-corrected chi connectivity index (χ2v) is 6.05. The molecule has 0 atom stereocenters. The summed E-state index contributed by atoms with van der Waals surface area (Å²) in [6, 6.07) is 16.0. The van der Waals surface area contributed by atoms with E-state index in [-0.39, 0.29) is 6.42 Å². The molecule has 0 spiro atoms. The largest absolute Gasteiger partial charge is 0.481 e. The van der Waals surface area contributed by atoms with Crippen LogP contribution in [0.15, 0.2) is 53.0 Å². The van der Waals surface area contributed by atoms with Crippen LogP contribution in [0.4, 0.5) is 0 Å². The molecule has 0 bridgehead atoms. The minimum atomic E-state index is -0.794. The lowest BCUT2D eigenvalue weighted by Crippen LogP contribution is -2.18. The normalized spacial score (nSPS) is 10.8. The molecule has 0 fully saturated rings. The lowest BCUT2D eigenvalue weighted by atomic mass is 10.0. The van der Waals surface area contributed by atoms with Crippen LogP contribution in [0.3, 0.4) is 0 Å². The van der Waals surface area contributed by atoms with Crippen LogP contribution >= 0.6 is 15.9 Å². The number of carbonyl (C=O) groups is 1. The molecule has 0 saturated carbocycles. The van der Waals surface area contributed by atoms with E-state index < -0.39 is 5.97 Å². The number of nitrogens with zero attached hydrogens (tertiary/aromatic N) is 1. The summed E-state index contributed by atoms with van der Waals surface area (Å²) in [5.41, 5.74) is 3.18. The number of halogens is 1. The summed E-state index contributed by atoms with van der Waals surface area (Å²) in [6.07, 6.45) is 0.0717. The number of benzene rings is 2. The van der Waals surface area contributed by atoms with Gasteiger partial charge in [0.15, 0.2) is 0 Å². The van der Waals surface area contributed by atoms with E-state index in [1.54, 1.807) is 0 Å². The molecule has 2 aromatic rings. The number of carboxylic acids is 1. The van der Waals surface area contributed by atoms with Gasteiger partial charge >= 0.3 is 5.97 Å². The van der Waals surface area contributed by atoms with Crippen LogP contribution in [-0.2, 0) is 24.3 Å². The fraction of sp³-hybridized carbons (Fsp3) is 0.235. The van der Waals surface area contributed by atoms with Gasteiger partial charge in [-0.1, -0.05) is 52.3 Å². The van der Waals surface area contributed by atoms with Gasteiger partial charge in [-0.25, -0.2) is 0 Å². The van der Waals surface area contributed by atoms with Crippen molar-refractivity contribution in [3.05, 3.63) is 69.7 Å². The first kappa shape index (κ1) is 15.7. The molecule has 0 aliphatic heterocycles. The summed E-state index contributed by atoms with van der Waals surface area (Å²) in [6.45, 7) is 1.56. The average molecular weight is 348 g/mol. The predicted molar refractivity (Wildman–Crippen MR) is 87.1 cm³/mol. The second kappa shape index (κ2) is 7.38. The van der Waals surface area contributed by atoms with E-state index in [4.69, 9.17) is 5.11 Å². The Kier molecular flexibility index (Phi) is 5.53. The quantitative estimate of drug-likeness (QED) is 0.865. The third-order valence-corrected chi connectivity index (χ3v) is 3.79. The van der Waals surface area contributed by atoms with Crippen molar-refractivity contribution in [3.8, 4) is 0 Å². The third kappa shape index (κ3) is 4.99. The average Bonchev–Trinajstić information content (AvgIpc) is 2.43. The molecule has 0 aliphatic carbocycles. The van der Waals surface area contributed by atoms with Gasteiger partial charge in [0.1, 0.15) is 0 Å². The van der Waals surface area contributed by atoms with E-state index in [0.29, 0.717) is 0 Å². The maximum absolute atomic E-state index is 10.9.